The average molecular weight is 522 g/mol. The van der Waals surface area contributed by atoms with Crippen molar-refractivity contribution >= 4 is 5.91 Å². The van der Waals surface area contributed by atoms with E-state index in [0.717, 1.165) is 25.0 Å². The van der Waals surface area contributed by atoms with Crippen LogP contribution in [0.4, 0.5) is 13.2 Å². The van der Waals surface area contributed by atoms with Crippen LogP contribution >= 0.6 is 0 Å². The van der Waals surface area contributed by atoms with Crippen molar-refractivity contribution < 1.29 is 27.4 Å². The molecule has 1 aromatic heterocycles. The third kappa shape index (κ3) is 5.57. The van der Waals surface area contributed by atoms with E-state index in [4.69, 9.17) is 9.47 Å². The van der Waals surface area contributed by atoms with E-state index in [-0.39, 0.29) is 30.2 Å². The molecule has 0 aliphatic carbocycles. The van der Waals surface area contributed by atoms with Crippen LogP contribution < -0.4 is 4.74 Å². The molecule has 1 aliphatic rings. The van der Waals surface area contributed by atoms with Crippen molar-refractivity contribution in [1.82, 2.24) is 14.7 Å². The molecule has 196 valence electrons. The van der Waals surface area contributed by atoms with Crippen LogP contribution in [0.25, 0.3) is 5.69 Å². The molecule has 0 N–H and O–H groups in total. The van der Waals surface area contributed by atoms with Crippen molar-refractivity contribution in [2.24, 2.45) is 0 Å². The number of carbonyl (C=O) groups excluding carboxylic acids is 1. The summed E-state index contributed by atoms with van der Waals surface area (Å²) in [6.07, 6.45) is 1.55. The molecule has 0 bridgehead atoms. The zero-order valence-corrected chi connectivity index (χ0v) is 20.7. The number of hydrogen-bond donors (Lipinski definition) is 0. The summed E-state index contributed by atoms with van der Waals surface area (Å²) < 4.78 is 55.0. The van der Waals surface area contributed by atoms with Crippen LogP contribution in [0.2, 0.25) is 0 Å². The lowest BCUT2D eigenvalue weighted by Crippen LogP contribution is -2.37. The Bertz CT molecular complexity index is 1420. The predicted octanol–water partition coefficient (Wildman–Crippen LogP) is 6.21. The van der Waals surface area contributed by atoms with Crippen molar-refractivity contribution in [3.63, 3.8) is 0 Å². The molecule has 1 fully saturated rings. The summed E-state index contributed by atoms with van der Waals surface area (Å²) >= 11 is 0. The molecule has 1 amide bonds. The number of aromatic nitrogens is 2. The average Bonchev–Trinajstić information content (AvgIpc) is 3.54. The van der Waals surface area contributed by atoms with Crippen LogP contribution in [0, 0.1) is 24.4 Å². The Labute approximate surface area is 218 Å². The van der Waals surface area contributed by atoms with E-state index in [1.54, 1.807) is 11.8 Å². The van der Waals surface area contributed by atoms with Gasteiger partial charge in [0, 0.05) is 24.8 Å². The number of nitrogens with zero attached hydrogens (tertiary/aromatic N) is 3. The van der Waals surface area contributed by atoms with E-state index >= 15 is 0 Å². The van der Waals surface area contributed by atoms with Gasteiger partial charge < -0.3 is 14.4 Å². The normalized spacial score (nSPS) is 15.0. The maximum Gasteiger partial charge on any atom is 0.254 e. The van der Waals surface area contributed by atoms with Crippen LogP contribution in [0.15, 0.2) is 72.8 Å². The van der Waals surface area contributed by atoms with E-state index < -0.39 is 17.5 Å². The van der Waals surface area contributed by atoms with Crippen LogP contribution in [0.5, 0.6) is 11.6 Å². The van der Waals surface area contributed by atoms with Gasteiger partial charge in [0.1, 0.15) is 11.6 Å². The fourth-order valence-corrected chi connectivity index (χ4v) is 4.45. The molecule has 4 aromatic rings. The third-order valence-corrected chi connectivity index (χ3v) is 6.41. The Hall–Kier alpha value is -4.11. The first-order valence-electron chi connectivity index (χ1n) is 12.3. The summed E-state index contributed by atoms with van der Waals surface area (Å²) in [5.74, 6) is -2.33. The molecular weight excluding hydrogens is 495 g/mol. The molecule has 2 heterocycles. The quantitative estimate of drug-likeness (QED) is 0.277. The lowest BCUT2D eigenvalue weighted by molar-refractivity contribution is 0.0505. The molecular formula is C29H26F3N3O3. The van der Waals surface area contributed by atoms with Gasteiger partial charge in [-0.05, 0) is 68.3 Å². The first-order valence-corrected chi connectivity index (χ1v) is 12.3. The zero-order chi connectivity index (χ0) is 26.6. The number of rotatable bonds is 8. The molecule has 0 spiro atoms. The Morgan fingerprint density at radius 2 is 1.79 bits per heavy atom. The minimum Gasteiger partial charge on any atom is -0.435 e. The summed E-state index contributed by atoms with van der Waals surface area (Å²) in [6.45, 7) is 2.77. The molecule has 0 radical (unpaired) electrons. The Morgan fingerprint density at radius 1 is 1.05 bits per heavy atom. The van der Waals surface area contributed by atoms with Gasteiger partial charge in [-0.25, -0.2) is 17.9 Å². The fraction of sp³-hybridized carbons (Fsp3) is 0.241. The fourth-order valence-electron chi connectivity index (χ4n) is 4.45. The number of halogens is 3. The first-order chi connectivity index (χ1) is 18.4. The van der Waals surface area contributed by atoms with Gasteiger partial charge in [-0.2, -0.15) is 5.10 Å². The number of benzene rings is 3. The van der Waals surface area contributed by atoms with Crippen LogP contribution in [0.1, 0.15) is 34.5 Å². The number of carbonyl (C=O) groups is 1. The lowest BCUT2D eigenvalue weighted by atomic mass is 10.1. The molecule has 1 aliphatic heterocycles. The second kappa shape index (κ2) is 11.1. The molecule has 5 rings (SSSR count). The van der Waals surface area contributed by atoms with Crippen molar-refractivity contribution in [2.75, 3.05) is 13.2 Å². The summed E-state index contributed by atoms with van der Waals surface area (Å²) in [5, 5.41) is 4.63. The van der Waals surface area contributed by atoms with E-state index in [9.17, 15) is 18.0 Å². The van der Waals surface area contributed by atoms with Gasteiger partial charge >= 0.3 is 0 Å². The van der Waals surface area contributed by atoms with Gasteiger partial charge in [0.05, 0.1) is 29.6 Å². The second-order valence-corrected chi connectivity index (χ2v) is 9.12. The Morgan fingerprint density at radius 3 is 2.47 bits per heavy atom. The highest BCUT2D eigenvalue weighted by Crippen LogP contribution is 2.33. The maximum absolute atomic E-state index is 14.6. The summed E-state index contributed by atoms with van der Waals surface area (Å²) in [4.78, 5) is 15.2. The number of aryl methyl sites for hydroxylation is 1. The highest BCUT2D eigenvalue weighted by molar-refractivity contribution is 5.94. The van der Waals surface area contributed by atoms with Crippen LogP contribution in [0.3, 0.4) is 0 Å². The van der Waals surface area contributed by atoms with Crippen molar-refractivity contribution in [2.45, 2.75) is 32.4 Å². The Kier molecular flexibility index (Phi) is 7.46. The van der Waals surface area contributed by atoms with Crippen molar-refractivity contribution in [3.8, 4) is 17.3 Å². The smallest absolute Gasteiger partial charge is 0.254 e. The van der Waals surface area contributed by atoms with Crippen molar-refractivity contribution in [3.05, 3.63) is 107 Å². The van der Waals surface area contributed by atoms with E-state index in [1.165, 1.54) is 35.0 Å². The third-order valence-electron chi connectivity index (χ3n) is 6.41. The molecule has 3 aromatic carbocycles. The summed E-state index contributed by atoms with van der Waals surface area (Å²) in [6, 6.07) is 17.6. The number of ether oxygens (including phenoxy) is 2. The molecule has 0 saturated carbocycles. The standard InChI is InChI=1S/C29H26F3N3O3/c1-19-25(18-34(17-24-8-5-15-37-24)28(36)20-9-11-21(30)12-10-20)29(35(33-19)23-6-3-2-4-7-23)38-27-14-13-22(31)16-26(27)32/h2-4,6-7,9-14,16,24H,5,8,15,17-18H2,1H3/t24-/m0/s1. The molecule has 38 heavy (non-hydrogen) atoms. The van der Waals surface area contributed by atoms with Crippen LogP contribution in [-0.2, 0) is 11.3 Å². The number of hydrogen-bond acceptors (Lipinski definition) is 4. The molecule has 0 unspecified atom stereocenters. The first kappa shape index (κ1) is 25.5. The SMILES string of the molecule is Cc1nn(-c2ccccc2)c(Oc2ccc(F)cc2F)c1CN(C[C@@H]1CCCO1)C(=O)c1ccc(F)cc1. The monoisotopic (exact) mass is 521 g/mol. The summed E-state index contributed by atoms with van der Waals surface area (Å²) in [5.41, 5.74) is 2.10. The predicted molar refractivity (Wildman–Crippen MR) is 135 cm³/mol. The molecule has 1 saturated heterocycles. The van der Waals surface area contributed by atoms with Crippen molar-refractivity contribution in [1.29, 1.82) is 0 Å². The van der Waals surface area contributed by atoms with Gasteiger partial charge in [0.2, 0.25) is 5.88 Å². The zero-order valence-electron chi connectivity index (χ0n) is 20.7. The van der Waals surface area contributed by atoms with Gasteiger partial charge in [-0.1, -0.05) is 18.2 Å². The van der Waals surface area contributed by atoms with Gasteiger partial charge in [0.25, 0.3) is 5.91 Å². The Balaban J connectivity index is 1.56. The van der Waals surface area contributed by atoms with Gasteiger partial charge in [-0.3, -0.25) is 4.79 Å². The van der Waals surface area contributed by atoms with Gasteiger partial charge in [-0.15, -0.1) is 0 Å². The highest BCUT2D eigenvalue weighted by atomic mass is 19.1. The highest BCUT2D eigenvalue weighted by Gasteiger charge is 2.28. The molecule has 6 nitrogen and oxygen atoms in total. The minimum atomic E-state index is -0.868. The molecule has 9 heteroatoms. The van der Waals surface area contributed by atoms with E-state index in [2.05, 4.69) is 5.10 Å². The van der Waals surface area contributed by atoms with Crippen LogP contribution in [-0.4, -0.2) is 39.8 Å². The number of amides is 1. The summed E-state index contributed by atoms with van der Waals surface area (Å²) in [7, 11) is 0. The van der Waals surface area contributed by atoms with E-state index in [1.807, 2.05) is 30.3 Å². The van der Waals surface area contributed by atoms with Gasteiger partial charge in [0.15, 0.2) is 11.6 Å². The maximum atomic E-state index is 14.6. The number of para-hydroxylation sites is 1. The van der Waals surface area contributed by atoms with E-state index in [0.29, 0.717) is 35.7 Å². The largest absolute Gasteiger partial charge is 0.435 e. The molecule has 1 atom stereocenters. The topological polar surface area (TPSA) is 56.6 Å². The second-order valence-electron chi connectivity index (χ2n) is 9.12. The minimum absolute atomic E-state index is 0.0763. The lowest BCUT2D eigenvalue weighted by Gasteiger charge is -2.26.